The van der Waals surface area contributed by atoms with Crippen molar-refractivity contribution < 1.29 is 13.9 Å². The summed E-state index contributed by atoms with van der Waals surface area (Å²) in [5.41, 5.74) is 1.86. The highest BCUT2D eigenvalue weighted by Gasteiger charge is 2.16. The molecule has 2 heterocycles. The van der Waals surface area contributed by atoms with Gasteiger partial charge in [0.2, 0.25) is 5.91 Å². The number of aromatic nitrogens is 4. The van der Waals surface area contributed by atoms with Crippen LogP contribution in [0.5, 0.6) is 5.75 Å². The van der Waals surface area contributed by atoms with Crippen LogP contribution in [0.4, 0.5) is 4.39 Å². The molecule has 0 saturated carbocycles. The van der Waals surface area contributed by atoms with Gasteiger partial charge in [-0.1, -0.05) is 12.1 Å². The van der Waals surface area contributed by atoms with Crippen LogP contribution < -0.4 is 15.6 Å². The van der Waals surface area contributed by atoms with Gasteiger partial charge in [-0.05, 0) is 55.0 Å². The molecular formula is C22H20FN5O3. The lowest BCUT2D eigenvalue weighted by Crippen LogP contribution is -2.30. The summed E-state index contributed by atoms with van der Waals surface area (Å²) in [5, 5.41) is 13.7. The van der Waals surface area contributed by atoms with Crippen molar-refractivity contribution in [2.75, 3.05) is 7.11 Å². The molecule has 0 saturated heterocycles. The Morgan fingerprint density at radius 1 is 1.19 bits per heavy atom. The van der Waals surface area contributed by atoms with Crippen molar-refractivity contribution in [3.63, 3.8) is 0 Å². The maximum atomic E-state index is 13.2. The lowest BCUT2D eigenvalue weighted by Gasteiger charge is -2.14. The second-order valence-corrected chi connectivity index (χ2v) is 7.04. The zero-order valence-corrected chi connectivity index (χ0v) is 16.9. The molecule has 2 N–H and O–H groups in total. The summed E-state index contributed by atoms with van der Waals surface area (Å²) < 4.78 is 19.7. The van der Waals surface area contributed by atoms with Crippen molar-refractivity contribution in [2.24, 2.45) is 0 Å². The first-order chi connectivity index (χ1) is 14.9. The molecule has 0 fully saturated rings. The molecule has 9 heteroatoms. The number of benzene rings is 2. The number of carbonyl (C=O) groups excluding carboxylic acids is 1. The maximum absolute atomic E-state index is 13.2. The average Bonchev–Trinajstić information content (AvgIpc) is 3.23. The highest BCUT2D eigenvalue weighted by atomic mass is 19.1. The van der Waals surface area contributed by atoms with Gasteiger partial charge in [-0.3, -0.25) is 9.59 Å². The van der Waals surface area contributed by atoms with Crippen LogP contribution >= 0.6 is 0 Å². The van der Waals surface area contributed by atoms with E-state index in [2.05, 4.69) is 20.6 Å². The lowest BCUT2D eigenvalue weighted by atomic mass is 10.1. The molecule has 4 rings (SSSR count). The van der Waals surface area contributed by atoms with E-state index in [1.54, 1.807) is 25.3 Å². The molecule has 2 aromatic heterocycles. The molecule has 4 aromatic rings. The zero-order chi connectivity index (χ0) is 22.0. The van der Waals surface area contributed by atoms with Crippen molar-refractivity contribution in [1.82, 2.24) is 25.1 Å². The Labute approximate surface area is 176 Å². The van der Waals surface area contributed by atoms with Crippen LogP contribution in [-0.4, -0.2) is 32.8 Å². The van der Waals surface area contributed by atoms with E-state index in [0.29, 0.717) is 11.3 Å². The van der Waals surface area contributed by atoms with Crippen LogP contribution in [0.2, 0.25) is 0 Å². The largest absolute Gasteiger partial charge is 0.497 e. The Balaban J connectivity index is 1.56. The average molecular weight is 421 g/mol. The van der Waals surface area contributed by atoms with Gasteiger partial charge in [-0.15, -0.1) is 0 Å². The van der Waals surface area contributed by atoms with Gasteiger partial charge in [0.15, 0.2) is 5.82 Å². The first kappa shape index (κ1) is 20.3. The summed E-state index contributed by atoms with van der Waals surface area (Å²) in [7, 11) is 1.59. The molecule has 158 valence electrons. The Morgan fingerprint density at radius 3 is 2.58 bits per heavy atom. The molecule has 8 nitrogen and oxygen atoms in total. The van der Waals surface area contributed by atoms with Gasteiger partial charge in [0.05, 0.1) is 25.3 Å². The minimum Gasteiger partial charge on any atom is -0.497 e. The fraction of sp³-hybridized carbons (Fsp3) is 0.182. The second kappa shape index (κ2) is 8.39. The number of hydrogen-bond donors (Lipinski definition) is 2. The predicted molar refractivity (Wildman–Crippen MR) is 112 cm³/mol. The van der Waals surface area contributed by atoms with Gasteiger partial charge in [0.25, 0.3) is 5.56 Å². The number of H-pyrrole nitrogens is 1. The zero-order valence-electron chi connectivity index (χ0n) is 16.9. The highest BCUT2D eigenvalue weighted by molar-refractivity contribution is 5.78. The molecular weight excluding hydrogens is 401 g/mol. The molecule has 2 aromatic carbocycles. The number of hydrogen-bond acceptors (Lipinski definition) is 5. The quantitative estimate of drug-likeness (QED) is 0.498. The van der Waals surface area contributed by atoms with Crippen molar-refractivity contribution in [3.8, 4) is 17.0 Å². The van der Waals surface area contributed by atoms with Crippen molar-refractivity contribution >= 4 is 11.4 Å². The van der Waals surface area contributed by atoms with Crippen LogP contribution in [0.15, 0.2) is 59.4 Å². The Hall–Kier alpha value is -4.01. The van der Waals surface area contributed by atoms with E-state index in [9.17, 15) is 14.0 Å². The van der Waals surface area contributed by atoms with Gasteiger partial charge in [-0.25, -0.2) is 14.0 Å². The summed E-state index contributed by atoms with van der Waals surface area (Å²) >= 11 is 0. The molecule has 0 aliphatic heterocycles. The molecule has 0 aliphatic carbocycles. The van der Waals surface area contributed by atoms with Crippen molar-refractivity contribution in [3.05, 3.63) is 82.2 Å². The minimum atomic E-state index is -0.434. The van der Waals surface area contributed by atoms with Crippen molar-refractivity contribution in [2.45, 2.75) is 19.4 Å². The van der Waals surface area contributed by atoms with E-state index >= 15 is 0 Å². The third-order valence-corrected chi connectivity index (χ3v) is 4.92. The van der Waals surface area contributed by atoms with E-state index < -0.39 is 5.56 Å². The monoisotopic (exact) mass is 421 g/mol. The Morgan fingerprint density at radius 2 is 1.90 bits per heavy atom. The van der Waals surface area contributed by atoms with E-state index in [-0.39, 0.29) is 35.5 Å². The smallest absolute Gasteiger partial charge is 0.290 e. The number of halogens is 1. The third-order valence-electron chi connectivity index (χ3n) is 4.92. The molecule has 0 aliphatic rings. The second-order valence-electron chi connectivity index (χ2n) is 7.04. The van der Waals surface area contributed by atoms with Gasteiger partial charge in [0, 0.05) is 5.56 Å². The molecule has 1 unspecified atom stereocenters. The summed E-state index contributed by atoms with van der Waals surface area (Å²) in [6.45, 7) is 1.87. The van der Waals surface area contributed by atoms with Crippen molar-refractivity contribution in [1.29, 1.82) is 0 Å². The summed E-state index contributed by atoms with van der Waals surface area (Å²) in [6, 6.07) is 14.5. The Bertz CT molecular complexity index is 1280. The van der Waals surface area contributed by atoms with E-state index in [0.717, 1.165) is 11.3 Å². The number of methoxy groups -OCH3 is 1. The van der Waals surface area contributed by atoms with Crippen LogP contribution in [-0.2, 0) is 11.2 Å². The molecule has 0 spiro atoms. The van der Waals surface area contributed by atoms with E-state index in [1.807, 2.05) is 31.2 Å². The summed E-state index contributed by atoms with van der Waals surface area (Å²) in [5.74, 6) is 0.374. The fourth-order valence-corrected chi connectivity index (χ4v) is 3.25. The highest BCUT2D eigenvalue weighted by Crippen LogP contribution is 2.20. The number of ether oxygens (including phenoxy) is 1. The predicted octanol–water partition coefficient (Wildman–Crippen LogP) is 2.65. The Kier molecular flexibility index (Phi) is 5.48. The van der Waals surface area contributed by atoms with E-state index in [1.165, 1.54) is 16.6 Å². The number of nitrogens with zero attached hydrogens (tertiary/aromatic N) is 3. The standard InChI is InChI=1S/C22H20FN5O3/c1-13(14-5-9-17(31-2)10-6-14)24-21(29)12-20-25-26-22(30)19-11-18(27-28(19)20)15-3-7-16(23)8-4-15/h3-11,13H,12H2,1-2H3,(H,24,29)(H,26,30). The summed E-state index contributed by atoms with van der Waals surface area (Å²) in [6.07, 6.45) is -0.0850. The van der Waals surface area contributed by atoms with Gasteiger partial charge in [-0.2, -0.15) is 10.2 Å². The normalized spacial score (nSPS) is 12.0. The first-order valence-electron chi connectivity index (χ1n) is 9.61. The number of fused-ring (bicyclic) bond motifs is 1. The van der Waals surface area contributed by atoms with Gasteiger partial charge >= 0.3 is 0 Å². The van der Waals surface area contributed by atoms with Crippen LogP contribution in [0.25, 0.3) is 16.8 Å². The molecule has 1 atom stereocenters. The number of rotatable bonds is 6. The van der Waals surface area contributed by atoms with Gasteiger partial charge < -0.3 is 10.1 Å². The van der Waals surface area contributed by atoms with Gasteiger partial charge in [0.1, 0.15) is 17.1 Å². The maximum Gasteiger partial charge on any atom is 0.290 e. The molecule has 1 amide bonds. The molecule has 0 radical (unpaired) electrons. The SMILES string of the molecule is COc1ccc(C(C)NC(=O)Cc2n[nH]c(=O)c3cc(-c4ccc(F)cc4)nn23)cc1. The topological polar surface area (TPSA) is 101 Å². The molecule has 0 bridgehead atoms. The van der Waals surface area contributed by atoms with Crippen LogP contribution in [0.1, 0.15) is 24.4 Å². The summed E-state index contributed by atoms with van der Waals surface area (Å²) in [4.78, 5) is 24.8. The number of carbonyl (C=O) groups is 1. The van der Waals surface area contributed by atoms with E-state index in [4.69, 9.17) is 4.74 Å². The fourth-order valence-electron chi connectivity index (χ4n) is 3.25. The van der Waals surface area contributed by atoms with Crippen LogP contribution in [0, 0.1) is 5.82 Å². The first-order valence-corrected chi connectivity index (χ1v) is 9.61. The number of aromatic amines is 1. The van der Waals surface area contributed by atoms with Crippen LogP contribution in [0.3, 0.4) is 0 Å². The number of nitrogens with one attached hydrogen (secondary N) is 2. The molecule has 31 heavy (non-hydrogen) atoms. The number of amides is 1. The minimum absolute atomic E-state index is 0.0850. The lowest BCUT2D eigenvalue weighted by molar-refractivity contribution is -0.121. The third kappa shape index (κ3) is 4.30.